The van der Waals surface area contributed by atoms with Crippen molar-refractivity contribution in [3.8, 4) is 22.6 Å². The van der Waals surface area contributed by atoms with Gasteiger partial charge in [-0.2, -0.15) is 0 Å². The van der Waals surface area contributed by atoms with Crippen molar-refractivity contribution < 1.29 is 4.74 Å². The van der Waals surface area contributed by atoms with Gasteiger partial charge in [-0.05, 0) is 112 Å². The zero-order valence-electron chi connectivity index (χ0n) is 32.3. The monoisotopic (exact) mass is 752 g/mol. The molecule has 0 saturated heterocycles. The number of fused-ring (bicyclic) bond motifs is 4. The largest absolute Gasteiger partial charge is 0.456 e. The van der Waals surface area contributed by atoms with Gasteiger partial charge in [-0.1, -0.05) is 163 Å². The molecule has 0 bridgehead atoms. The maximum atomic E-state index is 7.21. The molecule has 2 heterocycles. The van der Waals surface area contributed by atoms with E-state index in [0.717, 1.165) is 63.2 Å². The summed E-state index contributed by atoms with van der Waals surface area (Å²) in [5.74, 6) is 1.74. The van der Waals surface area contributed by atoms with E-state index in [1.807, 2.05) is 6.07 Å². The molecule has 4 heteroatoms. The fourth-order valence-corrected chi connectivity index (χ4v) is 8.94. The molecule has 8 aromatic rings. The van der Waals surface area contributed by atoms with E-state index in [1.54, 1.807) is 0 Å². The third kappa shape index (κ3) is 6.12. The van der Waals surface area contributed by atoms with Crippen molar-refractivity contribution in [2.75, 3.05) is 9.80 Å². The van der Waals surface area contributed by atoms with Crippen molar-refractivity contribution in [1.82, 2.24) is 0 Å². The number of allylic oxidation sites excluding steroid dienone is 3. The molecule has 1 aliphatic carbocycles. The summed E-state index contributed by atoms with van der Waals surface area (Å²) >= 11 is 0. The summed E-state index contributed by atoms with van der Waals surface area (Å²) in [6, 6.07) is 71.1. The first-order valence-electron chi connectivity index (χ1n) is 20.2. The number of hydrogen-bond acceptors (Lipinski definition) is 3. The minimum absolute atomic E-state index is 0.0275. The van der Waals surface area contributed by atoms with E-state index in [1.165, 1.54) is 38.6 Å². The van der Waals surface area contributed by atoms with Gasteiger partial charge in [0.2, 0.25) is 0 Å². The maximum Gasteiger partial charge on any atom is 0.251 e. The smallest absolute Gasteiger partial charge is 0.251 e. The lowest BCUT2D eigenvalue weighted by Gasteiger charge is -2.40. The molecule has 0 fully saturated rings. The van der Waals surface area contributed by atoms with E-state index >= 15 is 0 Å². The van der Waals surface area contributed by atoms with E-state index in [0.29, 0.717) is 0 Å². The lowest BCUT2D eigenvalue weighted by atomic mass is 9.32. The van der Waals surface area contributed by atoms with E-state index in [-0.39, 0.29) is 6.71 Å². The average Bonchev–Trinajstić information content (AvgIpc) is 3.32. The minimum Gasteiger partial charge on any atom is -0.456 e. The van der Waals surface area contributed by atoms with Gasteiger partial charge in [-0.15, -0.1) is 0 Å². The van der Waals surface area contributed by atoms with Crippen LogP contribution in [0.3, 0.4) is 0 Å². The van der Waals surface area contributed by atoms with Gasteiger partial charge in [-0.25, -0.2) is 0 Å². The summed E-state index contributed by atoms with van der Waals surface area (Å²) in [5, 5.41) is 0. The van der Waals surface area contributed by atoms with E-state index in [4.69, 9.17) is 4.74 Å². The number of para-hydroxylation sites is 3. The predicted molar refractivity (Wildman–Crippen MR) is 245 cm³/mol. The van der Waals surface area contributed by atoms with Crippen LogP contribution in [-0.4, -0.2) is 6.71 Å². The van der Waals surface area contributed by atoms with Crippen molar-refractivity contribution in [2.45, 2.75) is 6.42 Å². The summed E-state index contributed by atoms with van der Waals surface area (Å²) in [5.41, 5.74) is 23.9. The molecule has 11 rings (SSSR count). The Kier molecular flexibility index (Phi) is 8.57. The zero-order chi connectivity index (χ0) is 39.1. The quantitative estimate of drug-likeness (QED) is 0.114. The van der Waals surface area contributed by atoms with Gasteiger partial charge >= 0.3 is 0 Å². The highest BCUT2D eigenvalue weighted by atomic mass is 16.5. The van der Waals surface area contributed by atoms with Gasteiger partial charge in [0.15, 0.2) is 0 Å². The first-order valence-corrected chi connectivity index (χ1v) is 20.2. The normalized spacial score (nSPS) is 13.0. The van der Waals surface area contributed by atoms with Gasteiger partial charge in [0.05, 0.1) is 17.1 Å². The fraction of sp³-hybridized carbons (Fsp3) is 0.0182. The molecule has 276 valence electrons. The van der Waals surface area contributed by atoms with Gasteiger partial charge in [-0.3, -0.25) is 4.90 Å². The molecule has 3 aliphatic rings. The number of hydrogen-bond donors (Lipinski definition) is 0. The van der Waals surface area contributed by atoms with Gasteiger partial charge in [0.25, 0.3) is 6.71 Å². The van der Waals surface area contributed by atoms with E-state index in [9.17, 15) is 0 Å². The Morgan fingerprint density at radius 3 is 1.69 bits per heavy atom. The highest BCUT2D eigenvalue weighted by Gasteiger charge is 2.42. The second-order valence-corrected chi connectivity index (χ2v) is 15.1. The number of benzene rings is 8. The number of ether oxygens (including phenoxy) is 1. The van der Waals surface area contributed by atoms with Crippen LogP contribution in [0.25, 0.3) is 16.7 Å². The van der Waals surface area contributed by atoms with Crippen molar-refractivity contribution in [3.05, 3.63) is 246 Å². The maximum absolute atomic E-state index is 7.21. The second kappa shape index (κ2) is 14.6. The van der Waals surface area contributed by atoms with Gasteiger partial charge in [0.1, 0.15) is 11.5 Å². The molecule has 0 N–H and O–H groups in total. The van der Waals surface area contributed by atoms with Crippen LogP contribution >= 0.6 is 0 Å². The fourth-order valence-electron chi connectivity index (χ4n) is 8.94. The molecule has 0 aromatic heterocycles. The highest BCUT2D eigenvalue weighted by molar-refractivity contribution is 6.98. The van der Waals surface area contributed by atoms with Crippen LogP contribution < -0.4 is 30.9 Å². The Bertz CT molecular complexity index is 2990. The van der Waals surface area contributed by atoms with Crippen molar-refractivity contribution in [2.24, 2.45) is 0 Å². The van der Waals surface area contributed by atoms with E-state index < -0.39 is 0 Å². The molecule has 0 radical (unpaired) electrons. The predicted octanol–water partition coefficient (Wildman–Crippen LogP) is 11.8. The SMILES string of the molecule is C1=C=C(N(c2ccccc2)c2cc(N(c3ccccc3)c3ccc(-c4ccccc4)cc3)c3c4c2Oc2ccccc2B4c2ccccc2C3)C=CC=1c1ccccc1. The van der Waals surface area contributed by atoms with Crippen molar-refractivity contribution >= 4 is 57.1 Å². The highest BCUT2D eigenvalue weighted by Crippen LogP contribution is 2.48. The molecular weight excluding hydrogens is 715 g/mol. The lowest BCUT2D eigenvalue weighted by Crippen LogP contribution is -2.59. The Balaban J connectivity index is 1.21. The molecule has 59 heavy (non-hydrogen) atoms. The second-order valence-electron chi connectivity index (χ2n) is 15.1. The molecule has 0 amide bonds. The molecule has 2 aliphatic heterocycles. The molecule has 8 aromatic carbocycles. The number of nitrogens with zero attached hydrogens (tertiary/aromatic N) is 2. The third-order valence-electron chi connectivity index (χ3n) is 11.7. The summed E-state index contributed by atoms with van der Waals surface area (Å²) in [6.45, 7) is -0.0275. The van der Waals surface area contributed by atoms with Crippen LogP contribution in [0.5, 0.6) is 11.5 Å². The van der Waals surface area contributed by atoms with Crippen LogP contribution in [0, 0.1) is 0 Å². The van der Waals surface area contributed by atoms with E-state index in [2.05, 4.69) is 228 Å². The molecular formula is C55H37BN2O. The Morgan fingerprint density at radius 1 is 0.458 bits per heavy atom. The zero-order valence-corrected chi connectivity index (χ0v) is 32.3. The van der Waals surface area contributed by atoms with Gasteiger partial charge in [0, 0.05) is 22.6 Å². The van der Waals surface area contributed by atoms with Crippen molar-refractivity contribution in [1.29, 1.82) is 0 Å². The van der Waals surface area contributed by atoms with Crippen molar-refractivity contribution in [3.63, 3.8) is 0 Å². The van der Waals surface area contributed by atoms with Crippen LogP contribution in [0.1, 0.15) is 16.7 Å². The average molecular weight is 753 g/mol. The number of anilines is 5. The lowest BCUT2D eigenvalue weighted by molar-refractivity contribution is 0.487. The summed E-state index contributed by atoms with van der Waals surface area (Å²) in [7, 11) is 0. The molecule has 0 saturated carbocycles. The third-order valence-corrected chi connectivity index (χ3v) is 11.7. The molecule has 0 spiro atoms. The Morgan fingerprint density at radius 2 is 1.02 bits per heavy atom. The van der Waals surface area contributed by atoms with Crippen LogP contribution in [0.4, 0.5) is 28.4 Å². The standard InChI is InChI=1S/C55H37BN2O/c1-5-17-39(18-6-1)41-29-33-46(34-30-41)57(44-22-9-3-10-23-44)51-38-52(58(45-24-11-4-12-25-45)47-35-31-42(32-36-47)40-19-7-2-8-20-40)55-54-48(51)37-43-21-13-14-26-49(43)56(54)50-27-15-16-28-53(50)59-55/h1-31,33-35,38H,37H2. The van der Waals surface area contributed by atoms with Crippen LogP contribution in [0.2, 0.25) is 0 Å². The Labute approximate surface area is 345 Å². The summed E-state index contributed by atoms with van der Waals surface area (Å²) in [6.07, 6.45) is 5.05. The first-order chi connectivity index (χ1) is 29.3. The van der Waals surface area contributed by atoms with Gasteiger partial charge < -0.3 is 9.64 Å². The molecule has 0 unspecified atom stereocenters. The minimum atomic E-state index is -0.0275. The molecule has 3 nitrogen and oxygen atoms in total. The summed E-state index contributed by atoms with van der Waals surface area (Å²) < 4.78 is 7.21. The summed E-state index contributed by atoms with van der Waals surface area (Å²) in [4.78, 5) is 4.72. The Hall–Kier alpha value is -7.74. The first kappa shape index (κ1) is 34.5. The van der Waals surface area contributed by atoms with Crippen LogP contribution in [0.15, 0.2) is 230 Å². The topological polar surface area (TPSA) is 15.7 Å². The number of rotatable bonds is 8. The van der Waals surface area contributed by atoms with Crippen LogP contribution in [-0.2, 0) is 6.42 Å². The molecule has 0 atom stereocenters.